The van der Waals surface area contributed by atoms with Crippen LogP contribution in [-0.4, -0.2) is 35.0 Å². The Morgan fingerprint density at radius 3 is 2.33 bits per heavy atom. The SMILES string of the molecule is O=C(COC(=O)c1ccc2ccccc2n1)NC(=O)NC12CC3CC(CC(C3)C1)C2. The van der Waals surface area contributed by atoms with Crippen LogP contribution in [0.25, 0.3) is 10.9 Å². The number of urea groups is 1. The fourth-order valence-corrected chi connectivity index (χ4v) is 6.08. The molecule has 0 atom stereocenters. The van der Waals surface area contributed by atoms with Crippen LogP contribution >= 0.6 is 0 Å². The molecular weight excluding hydrogens is 382 g/mol. The molecule has 1 heterocycles. The van der Waals surface area contributed by atoms with Gasteiger partial charge in [-0.05, 0) is 68.4 Å². The Hall–Kier alpha value is -2.96. The number of aromatic nitrogens is 1. The van der Waals surface area contributed by atoms with Gasteiger partial charge in [-0.3, -0.25) is 10.1 Å². The average Bonchev–Trinajstić information content (AvgIpc) is 2.70. The van der Waals surface area contributed by atoms with Crippen molar-refractivity contribution >= 4 is 28.8 Å². The van der Waals surface area contributed by atoms with Gasteiger partial charge in [-0.2, -0.15) is 0 Å². The Balaban J connectivity index is 1.13. The van der Waals surface area contributed by atoms with Crippen LogP contribution in [0.2, 0.25) is 0 Å². The molecule has 0 radical (unpaired) electrons. The first-order valence-electron chi connectivity index (χ1n) is 10.6. The maximum absolute atomic E-state index is 12.4. The van der Waals surface area contributed by atoms with Gasteiger partial charge in [0.15, 0.2) is 6.61 Å². The van der Waals surface area contributed by atoms with Gasteiger partial charge in [0.05, 0.1) is 5.52 Å². The molecular formula is C23H25N3O4. The second-order valence-electron chi connectivity index (χ2n) is 9.17. The monoisotopic (exact) mass is 407 g/mol. The molecule has 0 unspecified atom stereocenters. The molecule has 0 saturated heterocycles. The summed E-state index contributed by atoms with van der Waals surface area (Å²) in [4.78, 5) is 41.0. The molecule has 2 N–H and O–H groups in total. The first kappa shape index (κ1) is 19.0. The molecule has 4 saturated carbocycles. The van der Waals surface area contributed by atoms with Crippen LogP contribution in [0.4, 0.5) is 4.79 Å². The maximum atomic E-state index is 12.4. The Bertz CT molecular complexity index is 983. The maximum Gasteiger partial charge on any atom is 0.357 e. The summed E-state index contributed by atoms with van der Waals surface area (Å²) >= 11 is 0. The molecule has 4 aliphatic carbocycles. The highest BCUT2D eigenvalue weighted by Crippen LogP contribution is 2.55. The standard InChI is InChI=1S/C23H25N3O4/c27-20(13-30-21(28)19-6-5-17-3-1-2-4-18(17)24-19)25-22(29)26-23-10-14-7-15(11-23)9-16(8-14)12-23/h1-6,14-16H,7-13H2,(H2,25,26,27,29). The van der Waals surface area contributed by atoms with Crippen LogP contribution in [0, 0.1) is 17.8 Å². The molecule has 0 aliphatic heterocycles. The van der Waals surface area contributed by atoms with Gasteiger partial charge in [-0.25, -0.2) is 14.6 Å². The number of amides is 3. The first-order chi connectivity index (χ1) is 14.5. The lowest BCUT2D eigenvalue weighted by molar-refractivity contribution is -0.123. The highest BCUT2D eigenvalue weighted by atomic mass is 16.5. The number of rotatable bonds is 4. The molecule has 1 aromatic carbocycles. The Labute approximate surface area is 174 Å². The van der Waals surface area contributed by atoms with Crippen molar-refractivity contribution in [2.24, 2.45) is 17.8 Å². The average molecular weight is 407 g/mol. The van der Waals surface area contributed by atoms with Crippen LogP contribution in [0.15, 0.2) is 36.4 Å². The molecule has 30 heavy (non-hydrogen) atoms. The summed E-state index contributed by atoms with van der Waals surface area (Å²) in [5.41, 5.74) is 0.621. The lowest BCUT2D eigenvalue weighted by Crippen LogP contribution is -2.62. The van der Waals surface area contributed by atoms with E-state index in [0.717, 1.165) is 24.6 Å². The van der Waals surface area contributed by atoms with E-state index in [9.17, 15) is 14.4 Å². The van der Waals surface area contributed by atoms with Crippen LogP contribution < -0.4 is 10.6 Å². The second kappa shape index (κ2) is 7.38. The quantitative estimate of drug-likeness (QED) is 0.759. The van der Waals surface area contributed by atoms with Crippen molar-refractivity contribution in [1.82, 2.24) is 15.6 Å². The number of esters is 1. The number of para-hydroxylation sites is 1. The number of pyridine rings is 1. The minimum Gasteiger partial charge on any atom is -0.451 e. The second-order valence-corrected chi connectivity index (χ2v) is 9.17. The summed E-state index contributed by atoms with van der Waals surface area (Å²) in [5, 5.41) is 6.29. The number of ether oxygens (including phenoxy) is 1. The topological polar surface area (TPSA) is 97.4 Å². The zero-order chi connectivity index (χ0) is 20.7. The molecule has 7 nitrogen and oxygen atoms in total. The van der Waals surface area contributed by atoms with Gasteiger partial charge >= 0.3 is 12.0 Å². The van der Waals surface area contributed by atoms with Gasteiger partial charge in [0, 0.05) is 10.9 Å². The van der Waals surface area contributed by atoms with Crippen molar-refractivity contribution in [3.8, 4) is 0 Å². The fraction of sp³-hybridized carbons (Fsp3) is 0.478. The van der Waals surface area contributed by atoms with Gasteiger partial charge in [-0.15, -0.1) is 0 Å². The van der Waals surface area contributed by atoms with Gasteiger partial charge in [-0.1, -0.05) is 24.3 Å². The highest BCUT2D eigenvalue weighted by molar-refractivity contribution is 5.97. The summed E-state index contributed by atoms with van der Waals surface area (Å²) in [6, 6.07) is 10.3. The predicted molar refractivity (Wildman–Crippen MR) is 110 cm³/mol. The number of hydrogen-bond donors (Lipinski definition) is 2. The number of fused-ring (bicyclic) bond motifs is 1. The first-order valence-corrected chi connectivity index (χ1v) is 10.6. The number of imide groups is 1. The van der Waals surface area contributed by atoms with Gasteiger partial charge in [0.2, 0.25) is 0 Å². The van der Waals surface area contributed by atoms with E-state index in [2.05, 4.69) is 15.6 Å². The molecule has 4 fully saturated rings. The molecule has 1 aromatic heterocycles. The van der Waals surface area contributed by atoms with Crippen LogP contribution in [0.3, 0.4) is 0 Å². The molecule has 4 aliphatic rings. The summed E-state index contributed by atoms with van der Waals surface area (Å²) < 4.78 is 5.04. The number of benzene rings is 1. The third-order valence-corrected chi connectivity index (χ3v) is 6.81. The van der Waals surface area contributed by atoms with E-state index in [1.807, 2.05) is 18.2 Å². The van der Waals surface area contributed by atoms with Gasteiger partial charge < -0.3 is 10.1 Å². The minimum absolute atomic E-state index is 0.125. The van der Waals surface area contributed by atoms with Gasteiger partial charge in [0.25, 0.3) is 5.91 Å². The third kappa shape index (κ3) is 3.76. The van der Waals surface area contributed by atoms with Crippen molar-refractivity contribution in [3.63, 3.8) is 0 Å². The van der Waals surface area contributed by atoms with Gasteiger partial charge in [0.1, 0.15) is 5.69 Å². The van der Waals surface area contributed by atoms with E-state index in [4.69, 9.17) is 4.74 Å². The Morgan fingerprint density at radius 2 is 1.63 bits per heavy atom. The third-order valence-electron chi connectivity index (χ3n) is 6.81. The lowest BCUT2D eigenvalue weighted by atomic mass is 9.53. The smallest absolute Gasteiger partial charge is 0.357 e. The lowest BCUT2D eigenvalue weighted by Gasteiger charge is -2.56. The van der Waals surface area contributed by atoms with E-state index in [1.165, 1.54) is 19.3 Å². The summed E-state index contributed by atoms with van der Waals surface area (Å²) in [7, 11) is 0. The molecule has 3 amide bonds. The zero-order valence-corrected chi connectivity index (χ0v) is 16.7. The molecule has 0 spiro atoms. The van der Waals surface area contributed by atoms with Crippen LogP contribution in [0.1, 0.15) is 49.0 Å². The number of carbonyl (C=O) groups excluding carboxylic acids is 3. The van der Waals surface area contributed by atoms with E-state index >= 15 is 0 Å². The van der Waals surface area contributed by atoms with Crippen LogP contribution in [0.5, 0.6) is 0 Å². The molecule has 6 rings (SSSR count). The Morgan fingerprint density at radius 1 is 0.967 bits per heavy atom. The van der Waals surface area contributed by atoms with E-state index in [1.54, 1.807) is 18.2 Å². The molecule has 4 bridgehead atoms. The fourth-order valence-electron chi connectivity index (χ4n) is 6.08. The van der Waals surface area contributed by atoms with Crippen LogP contribution in [-0.2, 0) is 9.53 Å². The number of nitrogens with zero attached hydrogens (tertiary/aromatic N) is 1. The number of hydrogen-bond acceptors (Lipinski definition) is 5. The van der Waals surface area contributed by atoms with E-state index in [-0.39, 0.29) is 11.2 Å². The molecule has 156 valence electrons. The van der Waals surface area contributed by atoms with Crippen molar-refractivity contribution in [2.45, 2.75) is 44.1 Å². The largest absolute Gasteiger partial charge is 0.451 e. The predicted octanol–water partition coefficient (Wildman–Crippen LogP) is 3.19. The number of carbonyl (C=O) groups is 3. The minimum atomic E-state index is -0.697. The summed E-state index contributed by atoms with van der Waals surface area (Å²) in [6.07, 6.45) is 6.84. The van der Waals surface area contributed by atoms with Crippen molar-refractivity contribution in [1.29, 1.82) is 0 Å². The number of nitrogens with one attached hydrogen (secondary N) is 2. The van der Waals surface area contributed by atoms with Crippen molar-refractivity contribution < 1.29 is 19.1 Å². The highest BCUT2D eigenvalue weighted by Gasteiger charge is 2.51. The summed E-state index contributed by atoms with van der Waals surface area (Å²) in [5.74, 6) is 0.747. The van der Waals surface area contributed by atoms with E-state index < -0.39 is 24.5 Å². The zero-order valence-electron chi connectivity index (χ0n) is 16.7. The van der Waals surface area contributed by atoms with Crippen molar-refractivity contribution in [2.75, 3.05) is 6.61 Å². The normalized spacial score (nSPS) is 28.9. The van der Waals surface area contributed by atoms with E-state index in [0.29, 0.717) is 23.3 Å². The molecule has 7 heteroatoms. The molecule has 2 aromatic rings. The summed E-state index contributed by atoms with van der Waals surface area (Å²) in [6.45, 7) is -0.526. The van der Waals surface area contributed by atoms with Crippen molar-refractivity contribution in [3.05, 3.63) is 42.1 Å². The Kier molecular flexibility index (Phi) is 4.68.